The Morgan fingerprint density at radius 3 is 2.30 bits per heavy atom. The molecule has 0 amide bonds. The zero-order valence-corrected chi connectivity index (χ0v) is 6.56. The van der Waals surface area contributed by atoms with E-state index in [-0.39, 0.29) is 5.92 Å². The number of alkyl halides is 1. The van der Waals surface area contributed by atoms with Gasteiger partial charge in [-0.1, -0.05) is 13.8 Å². The maximum atomic E-state index is 12.1. The summed E-state index contributed by atoms with van der Waals surface area (Å²) in [5, 5.41) is 0. The number of rotatable bonds is 3. The second kappa shape index (κ2) is 4.25. The minimum absolute atomic E-state index is 0.266. The Labute approximate surface area is 60.4 Å². The Bertz CT molecular complexity index is 110. The van der Waals surface area contributed by atoms with E-state index in [9.17, 15) is 9.18 Å². The largest absolute Gasteiger partial charge is 0.463 e. The first-order valence-electron chi connectivity index (χ1n) is 3.34. The number of carbonyl (C=O) groups is 1. The molecule has 1 atom stereocenters. The second-order valence-corrected chi connectivity index (χ2v) is 2.64. The van der Waals surface area contributed by atoms with Crippen LogP contribution in [0.15, 0.2) is 0 Å². The molecule has 10 heavy (non-hydrogen) atoms. The Balaban J connectivity index is 3.40. The van der Waals surface area contributed by atoms with E-state index < -0.39 is 12.1 Å². The van der Waals surface area contributed by atoms with Gasteiger partial charge in [0.05, 0.1) is 6.61 Å². The lowest BCUT2D eigenvalue weighted by molar-refractivity contribution is -0.149. The molecule has 0 aliphatic carbocycles. The lowest BCUT2D eigenvalue weighted by Crippen LogP contribution is -2.17. The van der Waals surface area contributed by atoms with Crippen molar-refractivity contribution in [2.24, 2.45) is 5.92 Å². The molecular formula is C7H13FO2. The predicted molar refractivity (Wildman–Crippen MR) is 36.4 cm³/mol. The molecule has 0 rings (SSSR count). The first kappa shape index (κ1) is 9.40. The van der Waals surface area contributed by atoms with Crippen molar-refractivity contribution in [3.05, 3.63) is 0 Å². The number of ether oxygens (including phenoxy) is 1. The van der Waals surface area contributed by atoms with Crippen LogP contribution in [-0.2, 0) is 9.53 Å². The van der Waals surface area contributed by atoms with E-state index >= 15 is 0 Å². The summed E-state index contributed by atoms with van der Waals surface area (Å²) in [5.41, 5.74) is 0. The number of hydrogen-bond donors (Lipinski definition) is 0. The minimum Gasteiger partial charge on any atom is -0.463 e. The summed E-state index contributed by atoms with van der Waals surface area (Å²) in [6.45, 7) is 5.27. The van der Waals surface area contributed by atoms with Crippen LogP contribution in [0.25, 0.3) is 0 Å². The van der Waals surface area contributed by atoms with Gasteiger partial charge in [0.1, 0.15) is 0 Å². The molecule has 3 heteroatoms. The fourth-order valence-corrected chi connectivity index (χ4v) is 0.364. The van der Waals surface area contributed by atoms with Crippen LogP contribution in [0.1, 0.15) is 20.8 Å². The average molecular weight is 148 g/mol. The lowest BCUT2D eigenvalue weighted by Gasteiger charge is -2.06. The Kier molecular flexibility index (Phi) is 4.00. The van der Waals surface area contributed by atoms with Crippen LogP contribution in [0, 0.1) is 5.92 Å². The molecule has 0 bridgehead atoms. The molecule has 60 valence electrons. The van der Waals surface area contributed by atoms with Gasteiger partial charge >= 0.3 is 5.97 Å². The molecule has 0 fully saturated rings. The van der Waals surface area contributed by atoms with E-state index in [1.54, 1.807) is 0 Å². The van der Waals surface area contributed by atoms with Gasteiger partial charge in [-0.15, -0.1) is 0 Å². The summed E-state index contributed by atoms with van der Waals surface area (Å²) >= 11 is 0. The van der Waals surface area contributed by atoms with Crippen molar-refractivity contribution in [1.82, 2.24) is 0 Å². The maximum Gasteiger partial charge on any atom is 0.340 e. The molecule has 0 spiro atoms. The summed E-state index contributed by atoms with van der Waals surface area (Å²) in [5.74, 6) is -0.503. The zero-order chi connectivity index (χ0) is 8.15. The van der Waals surface area contributed by atoms with Gasteiger partial charge in [-0.25, -0.2) is 9.18 Å². The summed E-state index contributed by atoms with van der Waals surface area (Å²) in [4.78, 5) is 10.5. The summed E-state index contributed by atoms with van der Waals surface area (Å²) in [7, 11) is 0. The lowest BCUT2D eigenvalue weighted by atomic mass is 10.2. The molecule has 0 radical (unpaired) electrons. The SMILES string of the molecule is CC(C)COC(=O)C(C)F. The van der Waals surface area contributed by atoms with Gasteiger partial charge < -0.3 is 4.74 Å². The molecule has 1 unspecified atom stereocenters. The molecule has 0 saturated carbocycles. The number of hydrogen-bond acceptors (Lipinski definition) is 2. The van der Waals surface area contributed by atoms with Crippen molar-refractivity contribution >= 4 is 5.97 Å². The fraction of sp³-hybridized carbons (Fsp3) is 0.857. The maximum absolute atomic E-state index is 12.1. The second-order valence-electron chi connectivity index (χ2n) is 2.64. The molecule has 0 aromatic carbocycles. The van der Waals surface area contributed by atoms with Crippen LogP contribution >= 0.6 is 0 Å². The van der Waals surface area contributed by atoms with Crippen molar-refractivity contribution in [2.45, 2.75) is 26.9 Å². The van der Waals surface area contributed by atoms with Crippen molar-refractivity contribution in [1.29, 1.82) is 0 Å². The van der Waals surface area contributed by atoms with E-state index in [1.807, 2.05) is 13.8 Å². The number of esters is 1. The van der Waals surface area contributed by atoms with Gasteiger partial charge in [-0.3, -0.25) is 0 Å². The number of carbonyl (C=O) groups excluding carboxylic acids is 1. The monoisotopic (exact) mass is 148 g/mol. The molecule has 0 heterocycles. The molecule has 0 aliphatic rings. The van der Waals surface area contributed by atoms with Crippen LogP contribution in [0.4, 0.5) is 4.39 Å². The summed E-state index contributed by atoms with van der Waals surface area (Å²) in [6.07, 6.45) is -1.50. The van der Waals surface area contributed by atoms with Gasteiger partial charge in [0, 0.05) is 0 Å². The first-order chi connectivity index (χ1) is 4.54. The Morgan fingerprint density at radius 1 is 1.50 bits per heavy atom. The van der Waals surface area contributed by atoms with Crippen LogP contribution < -0.4 is 0 Å². The fourth-order valence-electron chi connectivity index (χ4n) is 0.364. The smallest absolute Gasteiger partial charge is 0.340 e. The van der Waals surface area contributed by atoms with E-state index in [0.29, 0.717) is 6.61 Å². The molecule has 0 aromatic rings. The quantitative estimate of drug-likeness (QED) is 0.567. The van der Waals surface area contributed by atoms with Crippen LogP contribution in [0.2, 0.25) is 0 Å². The zero-order valence-electron chi connectivity index (χ0n) is 6.56. The van der Waals surface area contributed by atoms with Crippen LogP contribution in [0.5, 0.6) is 0 Å². The van der Waals surface area contributed by atoms with Gasteiger partial charge in [-0.05, 0) is 12.8 Å². The Hall–Kier alpha value is -0.600. The average Bonchev–Trinajstić information content (AvgIpc) is 1.82. The Morgan fingerprint density at radius 2 is 2.00 bits per heavy atom. The third kappa shape index (κ3) is 4.30. The van der Waals surface area contributed by atoms with Gasteiger partial charge in [0.25, 0.3) is 0 Å². The standard InChI is InChI=1S/C7H13FO2/c1-5(2)4-10-7(9)6(3)8/h5-6H,4H2,1-3H3. The highest BCUT2D eigenvalue weighted by Crippen LogP contribution is 1.97. The molecule has 2 nitrogen and oxygen atoms in total. The minimum atomic E-state index is -1.50. The highest BCUT2D eigenvalue weighted by atomic mass is 19.1. The van der Waals surface area contributed by atoms with Crippen LogP contribution in [0.3, 0.4) is 0 Å². The van der Waals surface area contributed by atoms with E-state index in [2.05, 4.69) is 4.74 Å². The van der Waals surface area contributed by atoms with Crippen LogP contribution in [-0.4, -0.2) is 18.7 Å². The summed E-state index contributed by atoms with van der Waals surface area (Å²) in [6, 6.07) is 0. The number of halogens is 1. The molecule has 0 aliphatic heterocycles. The highest BCUT2D eigenvalue weighted by Gasteiger charge is 2.11. The van der Waals surface area contributed by atoms with Gasteiger partial charge in [-0.2, -0.15) is 0 Å². The molecule has 0 aromatic heterocycles. The molecular weight excluding hydrogens is 135 g/mol. The van der Waals surface area contributed by atoms with Crippen molar-refractivity contribution in [3.63, 3.8) is 0 Å². The van der Waals surface area contributed by atoms with Gasteiger partial charge in [0.2, 0.25) is 0 Å². The van der Waals surface area contributed by atoms with Crippen molar-refractivity contribution < 1.29 is 13.9 Å². The van der Waals surface area contributed by atoms with Crippen molar-refractivity contribution in [2.75, 3.05) is 6.61 Å². The van der Waals surface area contributed by atoms with E-state index in [1.165, 1.54) is 6.92 Å². The van der Waals surface area contributed by atoms with Crippen molar-refractivity contribution in [3.8, 4) is 0 Å². The molecule has 0 N–H and O–H groups in total. The van der Waals surface area contributed by atoms with E-state index in [4.69, 9.17) is 0 Å². The normalized spacial score (nSPS) is 13.3. The predicted octanol–water partition coefficient (Wildman–Crippen LogP) is 1.54. The molecule has 0 saturated heterocycles. The third-order valence-corrected chi connectivity index (χ3v) is 0.884. The first-order valence-corrected chi connectivity index (χ1v) is 3.34. The van der Waals surface area contributed by atoms with Gasteiger partial charge in [0.15, 0.2) is 6.17 Å². The topological polar surface area (TPSA) is 26.3 Å². The third-order valence-electron chi connectivity index (χ3n) is 0.884. The summed E-state index contributed by atoms with van der Waals surface area (Å²) < 4.78 is 16.6. The van der Waals surface area contributed by atoms with E-state index in [0.717, 1.165) is 0 Å². The highest BCUT2D eigenvalue weighted by molar-refractivity contribution is 5.73.